The molecule has 6 aliphatic rings. The van der Waals surface area contributed by atoms with Crippen LogP contribution in [0.4, 0.5) is 0 Å². The highest BCUT2D eigenvalue weighted by Crippen LogP contribution is 2.62. The molecule has 7 rings (SSSR count). The third kappa shape index (κ3) is 11.8. The maximum Gasteiger partial charge on any atom is 0.310 e. The van der Waals surface area contributed by atoms with Crippen LogP contribution in [0.5, 0.6) is 11.5 Å². The zero-order valence-electron chi connectivity index (χ0n) is 42.3. The van der Waals surface area contributed by atoms with Gasteiger partial charge in [0.1, 0.15) is 18.8 Å². The normalized spacial score (nSPS) is 27.3. The van der Waals surface area contributed by atoms with E-state index in [2.05, 4.69) is 72.9 Å². The molecule has 10 nitrogen and oxygen atoms in total. The first kappa shape index (κ1) is 53.0. The Morgan fingerprint density at radius 3 is 1.36 bits per heavy atom. The number of allylic oxidation sites excluding steroid dienone is 10. The van der Waals surface area contributed by atoms with Crippen molar-refractivity contribution >= 4 is 41.1 Å². The van der Waals surface area contributed by atoms with Gasteiger partial charge in [0.25, 0.3) is 0 Å². The molecule has 8 unspecified atom stereocenters. The maximum atomic E-state index is 12.5. The van der Waals surface area contributed by atoms with E-state index in [0.29, 0.717) is 29.4 Å². The van der Waals surface area contributed by atoms with Gasteiger partial charge in [0.2, 0.25) is 6.79 Å². The largest absolute Gasteiger partial charge is 0.461 e. The Balaban J connectivity index is 0.000000188. The smallest absolute Gasteiger partial charge is 0.310 e. The molecule has 1 aliphatic heterocycles. The van der Waals surface area contributed by atoms with Crippen LogP contribution in [0.1, 0.15) is 128 Å². The van der Waals surface area contributed by atoms with Crippen molar-refractivity contribution < 1.29 is 47.7 Å². The Bertz CT molecular complexity index is 2230. The first-order chi connectivity index (χ1) is 31.2. The lowest BCUT2D eigenvalue weighted by molar-refractivity contribution is -0.151. The van der Waals surface area contributed by atoms with E-state index in [9.17, 15) is 24.0 Å². The van der Waals surface area contributed by atoms with Crippen LogP contribution < -0.4 is 9.47 Å². The molecule has 3 saturated carbocycles. The van der Waals surface area contributed by atoms with Crippen molar-refractivity contribution in [2.75, 3.05) is 6.79 Å². The van der Waals surface area contributed by atoms with Gasteiger partial charge in [0.05, 0.1) is 35.6 Å². The second kappa shape index (κ2) is 20.7. The highest BCUT2D eigenvalue weighted by molar-refractivity contribution is 6.31. The number of benzene rings is 1. The summed E-state index contributed by atoms with van der Waals surface area (Å²) < 4.78 is 27.4. The SMILES string of the molecule is C=CCC1=C(C)C(OC(=O)C2C(C=C(C)C)C2(C)C)CC1=O.C=CCC1=C(C)C(OC(=O)C2C(C=C(C)C)C2(C)C)CC1=O.CC(C)=CC1C(C(=O)OCc2cc3c(cc2Cl)OCO3)C1(C)C. The van der Waals surface area contributed by atoms with Crippen molar-refractivity contribution in [2.24, 2.45) is 51.8 Å². The Morgan fingerprint density at radius 2 is 1.00 bits per heavy atom. The van der Waals surface area contributed by atoms with Gasteiger partial charge in [0.15, 0.2) is 23.1 Å². The Kier molecular flexibility index (Phi) is 16.4. The number of hydrogen-bond acceptors (Lipinski definition) is 10. The monoisotopic (exact) mass is 940 g/mol. The standard InChI is InChI=1S/2C19H26O3.C18H21ClO4/c2*1-7-8-13-12(4)16(10-15(13)20)22-18(21)17-14(9-11(2)3)19(17,5)6;1-10(2)5-12-16(18(12,3)4)17(20)21-8-11-6-14-15(7-13(11)19)23-9-22-14/h2*7,9,14,16-17H,1,8,10H2,2-6H3;5-7,12,16H,8-9H2,1-4H3. The van der Waals surface area contributed by atoms with Crippen molar-refractivity contribution in [3.63, 3.8) is 0 Å². The number of ketones is 2. The summed E-state index contributed by atoms with van der Waals surface area (Å²) in [4.78, 5) is 61.3. The molecule has 0 spiro atoms. The van der Waals surface area contributed by atoms with E-state index in [-0.39, 0.29) is 107 Å². The predicted octanol–water partition coefficient (Wildman–Crippen LogP) is 12.4. The first-order valence-electron chi connectivity index (χ1n) is 23.5. The molecule has 0 bridgehead atoms. The van der Waals surface area contributed by atoms with E-state index in [1.54, 1.807) is 24.3 Å². The zero-order chi connectivity index (χ0) is 50.1. The van der Waals surface area contributed by atoms with Crippen LogP contribution in [0.15, 0.2) is 94.7 Å². The number of halogens is 1. The summed E-state index contributed by atoms with van der Waals surface area (Å²) in [7, 11) is 0. The molecule has 1 aromatic rings. The quantitative estimate of drug-likeness (QED) is 0.101. The molecule has 11 heteroatoms. The summed E-state index contributed by atoms with van der Waals surface area (Å²) in [6, 6.07) is 3.46. The minimum absolute atomic E-state index is 0.0486. The van der Waals surface area contributed by atoms with Crippen LogP contribution >= 0.6 is 11.6 Å². The predicted molar refractivity (Wildman–Crippen MR) is 262 cm³/mol. The van der Waals surface area contributed by atoms with Crippen LogP contribution in [0.3, 0.4) is 0 Å². The van der Waals surface area contributed by atoms with Crippen molar-refractivity contribution in [3.8, 4) is 11.5 Å². The van der Waals surface area contributed by atoms with Gasteiger partial charge in [0, 0.05) is 22.8 Å². The number of carbonyl (C=O) groups excluding carboxylic acids is 5. The van der Waals surface area contributed by atoms with E-state index in [0.717, 1.165) is 27.9 Å². The molecular formula is C56H73ClO10. The average Bonchev–Trinajstić information content (AvgIpc) is 3.91. The van der Waals surface area contributed by atoms with Gasteiger partial charge in [-0.2, -0.15) is 0 Å². The number of rotatable bonds is 14. The lowest BCUT2D eigenvalue weighted by atomic mass is 10.1. The molecule has 0 amide bonds. The fourth-order valence-corrected chi connectivity index (χ4v) is 10.2. The van der Waals surface area contributed by atoms with Crippen LogP contribution in [0.25, 0.3) is 0 Å². The third-order valence-corrected chi connectivity index (χ3v) is 14.8. The molecule has 1 heterocycles. The zero-order valence-corrected chi connectivity index (χ0v) is 43.0. The van der Waals surface area contributed by atoms with Crippen LogP contribution in [-0.4, -0.2) is 48.5 Å². The molecule has 3 fully saturated rings. The van der Waals surface area contributed by atoms with E-state index in [1.807, 2.05) is 55.4 Å². The summed E-state index contributed by atoms with van der Waals surface area (Å²) >= 11 is 6.20. The number of hydrogen-bond donors (Lipinski definition) is 0. The van der Waals surface area contributed by atoms with E-state index in [1.165, 1.54) is 16.7 Å². The molecule has 0 aromatic heterocycles. The number of Topliss-reactive ketones (excluding diaryl/α,β-unsaturated/α-hetero) is 2. The Morgan fingerprint density at radius 1 is 0.642 bits per heavy atom. The summed E-state index contributed by atoms with van der Waals surface area (Å²) in [5.41, 5.74) is 7.49. The lowest BCUT2D eigenvalue weighted by Crippen LogP contribution is -2.20. The van der Waals surface area contributed by atoms with E-state index < -0.39 is 12.2 Å². The van der Waals surface area contributed by atoms with Gasteiger partial charge in [-0.25, -0.2) is 0 Å². The second-order valence-corrected chi connectivity index (χ2v) is 21.9. The fourth-order valence-electron chi connectivity index (χ4n) is 9.95. The first-order valence-corrected chi connectivity index (χ1v) is 23.9. The van der Waals surface area contributed by atoms with Crippen molar-refractivity contribution in [1.82, 2.24) is 0 Å². The van der Waals surface area contributed by atoms with Gasteiger partial charge in [-0.1, -0.05) is 100 Å². The minimum atomic E-state index is -0.390. The molecule has 67 heavy (non-hydrogen) atoms. The van der Waals surface area contributed by atoms with Gasteiger partial charge in [-0.15, -0.1) is 13.2 Å². The molecule has 364 valence electrons. The third-order valence-electron chi connectivity index (χ3n) is 14.5. The van der Waals surface area contributed by atoms with Crippen molar-refractivity contribution in [3.05, 3.63) is 105 Å². The molecule has 0 N–H and O–H groups in total. The van der Waals surface area contributed by atoms with E-state index in [4.69, 9.17) is 35.3 Å². The van der Waals surface area contributed by atoms with Crippen LogP contribution in [-0.2, 0) is 44.8 Å². The van der Waals surface area contributed by atoms with E-state index >= 15 is 0 Å². The summed E-state index contributed by atoms with van der Waals surface area (Å²) in [5.74, 6) is 1.29. The average molecular weight is 942 g/mol. The minimum Gasteiger partial charge on any atom is -0.461 e. The lowest BCUT2D eigenvalue weighted by Gasteiger charge is -2.13. The van der Waals surface area contributed by atoms with Gasteiger partial charge >= 0.3 is 17.9 Å². The van der Waals surface area contributed by atoms with Gasteiger partial charge in [-0.3, -0.25) is 24.0 Å². The highest BCUT2D eigenvalue weighted by atomic mass is 35.5. The summed E-state index contributed by atoms with van der Waals surface area (Å²) in [6.45, 7) is 36.3. The topological polar surface area (TPSA) is 132 Å². The van der Waals surface area contributed by atoms with Crippen molar-refractivity contribution in [1.29, 1.82) is 0 Å². The molecule has 8 atom stereocenters. The number of fused-ring (bicyclic) bond motifs is 1. The summed E-state index contributed by atoms with van der Waals surface area (Å²) in [6.07, 6.45) is 10.8. The van der Waals surface area contributed by atoms with Gasteiger partial charge < -0.3 is 23.7 Å². The van der Waals surface area contributed by atoms with Crippen LogP contribution in [0.2, 0.25) is 5.02 Å². The number of ether oxygens (including phenoxy) is 5. The molecule has 5 aliphatic carbocycles. The fraction of sp³-hybridized carbons (Fsp3) is 0.554. The molecular weight excluding hydrogens is 868 g/mol. The van der Waals surface area contributed by atoms with Gasteiger partial charge in [-0.05, 0) is 119 Å². The molecule has 0 saturated heterocycles. The second-order valence-electron chi connectivity index (χ2n) is 21.5. The highest BCUT2D eigenvalue weighted by Gasteiger charge is 2.63. The Labute approximate surface area is 404 Å². The Hall–Kier alpha value is -4.96. The summed E-state index contributed by atoms with van der Waals surface area (Å²) in [5, 5.41) is 0.512. The number of carbonyl (C=O) groups is 5. The van der Waals surface area contributed by atoms with Crippen LogP contribution in [0, 0.1) is 51.8 Å². The maximum absolute atomic E-state index is 12.5. The van der Waals surface area contributed by atoms with Crippen molar-refractivity contribution in [2.45, 2.75) is 141 Å². The molecule has 1 aromatic carbocycles. The molecule has 0 radical (unpaired) electrons. The number of esters is 3.